The van der Waals surface area contributed by atoms with E-state index in [0.717, 1.165) is 22.5 Å². The number of hydrogen-bond donors (Lipinski definition) is 1. The van der Waals surface area contributed by atoms with E-state index in [1.165, 1.54) is 6.33 Å². The summed E-state index contributed by atoms with van der Waals surface area (Å²) in [7, 11) is 0. The number of rotatable bonds is 4. The van der Waals surface area contributed by atoms with Gasteiger partial charge in [0.2, 0.25) is 5.91 Å². The third-order valence-corrected chi connectivity index (χ3v) is 3.61. The maximum absolute atomic E-state index is 12.1. The second-order valence-corrected chi connectivity index (χ2v) is 5.54. The monoisotopic (exact) mass is 327 g/mol. The fourth-order valence-corrected chi connectivity index (χ4v) is 2.38. The molecule has 0 aliphatic carbocycles. The van der Waals surface area contributed by atoms with Crippen LogP contribution >= 0.6 is 11.6 Å². The molecule has 0 saturated carbocycles. The Bertz CT molecular complexity index is 815. The van der Waals surface area contributed by atoms with E-state index >= 15 is 0 Å². The molecule has 3 rings (SSSR count). The topological polar surface area (TPSA) is 72.7 Å². The van der Waals surface area contributed by atoms with E-state index in [0.29, 0.717) is 11.4 Å². The molecule has 1 N–H and O–H groups in total. The lowest BCUT2D eigenvalue weighted by Gasteiger charge is -2.09. The number of tetrazole rings is 1. The molecule has 116 valence electrons. The van der Waals surface area contributed by atoms with Crippen molar-refractivity contribution in [2.75, 3.05) is 5.32 Å². The highest BCUT2D eigenvalue weighted by atomic mass is 35.5. The van der Waals surface area contributed by atoms with Crippen molar-refractivity contribution in [3.63, 3.8) is 0 Å². The standard InChI is InChI=1S/C16H14ClN5O/c1-11-8-14(6-7-15(11)22-10-18-20-21-22)19-16(23)9-12-2-4-13(17)5-3-12/h2-8,10H,9H2,1H3,(H,19,23). The van der Waals surface area contributed by atoms with Crippen LogP contribution in [0.5, 0.6) is 0 Å². The fraction of sp³-hybridized carbons (Fsp3) is 0.125. The van der Waals surface area contributed by atoms with E-state index in [2.05, 4.69) is 20.8 Å². The molecular formula is C16H14ClN5O. The van der Waals surface area contributed by atoms with E-state index in [4.69, 9.17) is 11.6 Å². The van der Waals surface area contributed by atoms with Gasteiger partial charge in [-0.3, -0.25) is 4.79 Å². The number of carbonyl (C=O) groups excluding carboxylic acids is 1. The van der Waals surface area contributed by atoms with E-state index < -0.39 is 0 Å². The maximum Gasteiger partial charge on any atom is 0.228 e. The van der Waals surface area contributed by atoms with Crippen molar-refractivity contribution >= 4 is 23.2 Å². The van der Waals surface area contributed by atoms with Gasteiger partial charge in [-0.2, -0.15) is 0 Å². The summed E-state index contributed by atoms with van der Waals surface area (Å²) in [6.07, 6.45) is 1.83. The van der Waals surface area contributed by atoms with Crippen molar-refractivity contribution in [1.82, 2.24) is 20.2 Å². The highest BCUT2D eigenvalue weighted by Gasteiger charge is 2.07. The molecule has 0 radical (unpaired) electrons. The highest BCUT2D eigenvalue weighted by molar-refractivity contribution is 6.30. The number of nitrogens with zero attached hydrogens (tertiary/aromatic N) is 4. The molecule has 6 nitrogen and oxygen atoms in total. The third-order valence-electron chi connectivity index (χ3n) is 3.35. The lowest BCUT2D eigenvalue weighted by molar-refractivity contribution is -0.115. The SMILES string of the molecule is Cc1cc(NC(=O)Cc2ccc(Cl)cc2)ccc1-n1cnnn1. The van der Waals surface area contributed by atoms with Gasteiger partial charge in [-0.25, -0.2) is 4.68 Å². The van der Waals surface area contributed by atoms with Gasteiger partial charge in [0.1, 0.15) is 6.33 Å². The zero-order valence-electron chi connectivity index (χ0n) is 12.4. The van der Waals surface area contributed by atoms with Crippen LogP contribution in [-0.2, 0) is 11.2 Å². The van der Waals surface area contributed by atoms with Gasteiger partial charge in [-0.15, -0.1) is 5.10 Å². The molecule has 0 unspecified atom stereocenters. The first-order valence-electron chi connectivity index (χ1n) is 7.00. The number of carbonyl (C=O) groups is 1. The Morgan fingerprint density at radius 1 is 1.22 bits per heavy atom. The molecule has 0 atom stereocenters. The summed E-state index contributed by atoms with van der Waals surface area (Å²) in [5.41, 5.74) is 3.47. The molecule has 7 heteroatoms. The number of halogens is 1. The van der Waals surface area contributed by atoms with Crippen LogP contribution < -0.4 is 5.32 Å². The number of aromatic nitrogens is 4. The maximum atomic E-state index is 12.1. The Balaban J connectivity index is 1.69. The van der Waals surface area contributed by atoms with Gasteiger partial charge in [0.15, 0.2) is 0 Å². The number of aryl methyl sites for hydroxylation is 1. The van der Waals surface area contributed by atoms with Gasteiger partial charge in [0.25, 0.3) is 0 Å². The van der Waals surface area contributed by atoms with Crippen molar-refractivity contribution < 1.29 is 4.79 Å². The first-order chi connectivity index (χ1) is 11.1. The van der Waals surface area contributed by atoms with Gasteiger partial charge >= 0.3 is 0 Å². The average Bonchev–Trinajstić information content (AvgIpc) is 3.04. The Kier molecular flexibility index (Phi) is 4.34. The summed E-state index contributed by atoms with van der Waals surface area (Å²) in [4.78, 5) is 12.1. The molecule has 2 aromatic carbocycles. The zero-order chi connectivity index (χ0) is 16.2. The van der Waals surface area contributed by atoms with Crippen LogP contribution in [0.25, 0.3) is 5.69 Å². The van der Waals surface area contributed by atoms with Crippen molar-refractivity contribution in [3.05, 3.63) is 64.9 Å². The molecule has 0 saturated heterocycles. The summed E-state index contributed by atoms with van der Waals surface area (Å²) in [6, 6.07) is 12.8. The predicted molar refractivity (Wildman–Crippen MR) is 87.7 cm³/mol. The minimum absolute atomic E-state index is 0.0816. The molecule has 0 aliphatic rings. The van der Waals surface area contributed by atoms with Crippen molar-refractivity contribution in [2.24, 2.45) is 0 Å². The number of hydrogen-bond acceptors (Lipinski definition) is 4. The number of anilines is 1. The number of benzene rings is 2. The third kappa shape index (κ3) is 3.73. The molecule has 1 amide bonds. The molecular weight excluding hydrogens is 314 g/mol. The Morgan fingerprint density at radius 3 is 2.65 bits per heavy atom. The molecule has 23 heavy (non-hydrogen) atoms. The minimum Gasteiger partial charge on any atom is -0.326 e. The lowest BCUT2D eigenvalue weighted by atomic mass is 10.1. The summed E-state index contributed by atoms with van der Waals surface area (Å²) < 4.78 is 1.58. The van der Waals surface area contributed by atoms with Crippen LogP contribution in [-0.4, -0.2) is 26.1 Å². The second kappa shape index (κ2) is 6.58. The molecule has 1 aromatic heterocycles. The fourth-order valence-electron chi connectivity index (χ4n) is 2.25. The normalized spacial score (nSPS) is 10.5. The van der Waals surface area contributed by atoms with Gasteiger partial charge in [-0.1, -0.05) is 23.7 Å². The van der Waals surface area contributed by atoms with Gasteiger partial charge < -0.3 is 5.32 Å². The Morgan fingerprint density at radius 2 is 2.00 bits per heavy atom. The van der Waals surface area contributed by atoms with Crippen LogP contribution in [0.4, 0.5) is 5.69 Å². The van der Waals surface area contributed by atoms with E-state index in [-0.39, 0.29) is 5.91 Å². The molecule has 1 heterocycles. The van der Waals surface area contributed by atoms with Crippen LogP contribution in [0.15, 0.2) is 48.8 Å². The van der Waals surface area contributed by atoms with Crippen LogP contribution in [0.1, 0.15) is 11.1 Å². The lowest BCUT2D eigenvalue weighted by Crippen LogP contribution is -2.14. The number of amides is 1. The molecule has 0 bridgehead atoms. The Hall–Kier alpha value is -2.73. The van der Waals surface area contributed by atoms with Crippen LogP contribution in [0, 0.1) is 6.92 Å². The Labute approximate surface area is 138 Å². The van der Waals surface area contributed by atoms with Crippen LogP contribution in [0.2, 0.25) is 5.02 Å². The first kappa shape index (κ1) is 15.2. The molecule has 0 spiro atoms. The summed E-state index contributed by atoms with van der Waals surface area (Å²) in [5.74, 6) is -0.0816. The number of nitrogens with one attached hydrogen (secondary N) is 1. The van der Waals surface area contributed by atoms with E-state index in [1.807, 2.05) is 37.3 Å². The molecule has 3 aromatic rings. The predicted octanol–water partition coefficient (Wildman–Crippen LogP) is 2.81. The second-order valence-electron chi connectivity index (χ2n) is 5.11. The van der Waals surface area contributed by atoms with Crippen molar-refractivity contribution in [1.29, 1.82) is 0 Å². The summed E-state index contributed by atoms with van der Waals surface area (Å²) in [5, 5.41) is 14.6. The van der Waals surface area contributed by atoms with Gasteiger partial charge in [0.05, 0.1) is 12.1 Å². The smallest absolute Gasteiger partial charge is 0.228 e. The quantitative estimate of drug-likeness (QED) is 0.799. The van der Waals surface area contributed by atoms with Crippen LogP contribution in [0.3, 0.4) is 0 Å². The largest absolute Gasteiger partial charge is 0.326 e. The zero-order valence-corrected chi connectivity index (χ0v) is 13.2. The summed E-state index contributed by atoms with van der Waals surface area (Å²) in [6.45, 7) is 1.94. The van der Waals surface area contributed by atoms with Gasteiger partial charge in [0, 0.05) is 10.7 Å². The van der Waals surface area contributed by atoms with Crippen molar-refractivity contribution in [2.45, 2.75) is 13.3 Å². The molecule has 0 fully saturated rings. The average molecular weight is 328 g/mol. The van der Waals surface area contributed by atoms with E-state index in [1.54, 1.807) is 16.8 Å². The minimum atomic E-state index is -0.0816. The first-order valence-corrected chi connectivity index (χ1v) is 7.38. The van der Waals surface area contributed by atoms with Crippen molar-refractivity contribution in [3.8, 4) is 5.69 Å². The van der Waals surface area contributed by atoms with Gasteiger partial charge in [-0.05, 0) is 58.8 Å². The highest BCUT2D eigenvalue weighted by Crippen LogP contribution is 2.18. The molecule has 0 aliphatic heterocycles. The van der Waals surface area contributed by atoms with E-state index in [9.17, 15) is 4.79 Å². The summed E-state index contributed by atoms with van der Waals surface area (Å²) >= 11 is 5.84.